The number of anilines is 2. The molecule has 1 unspecified atom stereocenters. The number of primary sulfonamides is 1. The summed E-state index contributed by atoms with van der Waals surface area (Å²) in [6.45, 7) is 1.55. The van der Waals surface area contributed by atoms with E-state index in [4.69, 9.17) is 5.14 Å². The van der Waals surface area contributed by atoms with Gasteiger partial charge in [0.2, 0.25) is 21.8 Å². The molecule has 3 rings (SSSR count). The molecule has 0 saturated heterocycles. The number of nitrogens with two attached hydrogens (primary N) is 1. The Balaban J connectivity index is 1.82. The van der Waals surface area contributed by atoms with Crippen molar-refractivity contribution in [1.82, 2.24) is 0 Å². The molecule has 7 nitrogen and oxygen atoms in total. The molecule has 2 aromatic carbocycles. The Hall–Kier alpha value is -2.36. The lowest BCUT2D eigenvalue weighted by Crippen LogP contribution is -2.49. The summed E-state index contributed by atoms with van der Waals surface area (Å²) in [7, 11) is -3.68. The largest absolute Gasteiger partial charge is 0.324 e. The molecular formula is C17H17N3O4S2. The van der Waals surface area contributed by atoms with Crippen molar-refractivity contribution in [2.24, 2.45) is 5.14 Å². The smallest absolute Gasteiger partial charge is 0.250 e. The molecule has 0 spiro atoms. The van der Waals surface area contributed by atoms with E-state index in [1.165, 1.54) is 17.8 Å². The van der Waals surface area contributed by atoms with Gasteiger partial charge in [-0.15, -0.1) is 0 Å². The molecule has 1 atom stereocenters. The monoisotopic (exact) mass is 391 g/mol. The van der Waals surface area contributed by atoms with Crippen LogP contribution in [0.15, 0.2) is 53.4 Å². The van der Waals surface area contributed by atoms with Gasteiger partial charge in [0, 0.05) is 10.6 Å². The van der Waals surface area contributed by atoms with Crippen LogP contribution in [0.4, 0.5) is 11.4 Å². The number of benzene rings is 2. The molecule has 0 aromatic heterocycles. The Morgan fingerprint density at radius 1 is 1.23 bits per heavy atom. The number of para-hydroxylation sites is 1. The van der Waals surface area contributed by atoms with Gasteiger partial charge in [-0.2, -0.15) is 0 Å². The van der Waals surface area contributed by atoms with Gasteiger partial charge in [0.1, 0.15) is 0 Å². The molecule has 26 heavy (non-hydrogen) atoms. The van der Waals surface area contributed by atoms with Crippen LogP contribution in [0.2, 0.25) is 0 Å². The molecule has 4 N–H and O–H groups in total. The molecule has 0 aliphatic carbocycles. The third kappa shape index (κ3) is 3.90. The summed E-state index contributed by atoms with van der Waals surface area (Å²) >= 11 is 1.17. The van der Waals surface area contributed by atoms with Crippen LogP contribution in [0.3, 0.4) is 0 Å². The van der Waals surface area contributed by atoms with E-state index in [2.05, 4.69) is 10.6 Å². The van der Waals surface area contributed by atoms with Gasteiger partial charge in [-0.25, -0.2) is 13.6 Å². The minimum absolute atomic E-state index is 0.337. The number of fused-ring (bicyclic) bond motifs is 1. The number of hydrogen-bond donors (Lipinski definition) is 3. The van der Waals surface area contributed by atoms with E-state index in [1.54, 1.807) is 37.3 Å². The summed E-state index contributed by atoms with van der Waals surface area (Å²) < 4.78 is 21.1. The van der Waals surface area contributed by atoms with Crippen molar-refractivity contribution in [3.8, 4) is 0 Å². The fourth-order valence-electron chi connectivity index (χ4n) is 2.54. The molecule has 9 heteroatoms. The third-order valence-electron chi connectivity index (χ3n) is 3.87. The molecule has 1 aliphatic heterocycles. The topological polar surface area (TPSA) is 118 Å². The van der Waals surface area contributed by atoms with E-state index < -0.39 is 26.6 Å². The van der Waals surface area contributed by atoms with Crippen molar-refractivity contribution in [2.75, 3.05) is 10.6 Å². The van der Waals surface area contributed by atoms with Crippen molar-refractivity contribution in [2.45, 2.75) is 22.3 Å². The molecule has 0 fully saturated rings. The van der Waals surface area contributed by atoms with Crippen LogP contribution in [0, 0.1) is 0 Å². The lowest BCUT2D eigenvalue weighted by Gasteiger charge is -2.31. The zero-order chi connectivity index (χ0) is 18.9. The molecular weight excluding hydrogens is 374 g/mol. The van der Waals surface area contributed by atoms with E-state index >= 15 is 0 Å². The minimum Gasteiger partial charge on any atom is -0.324 e. The first-order chi connectivity index (χ1) is 12.2. The van der Waals surface area contributed by atoms with E-state index in [9.17, 15) is 18.0 Å². The van der Waals surface area contributed by atoms with Crippen LogP contribution in [-0.4, -0.2) is 25.0 Å². The summed E-state index contributed by atoms with van der Waals surface area (Å²) in [5, 5.41) is 10.5. The van der Waals surface area contributed by atoms with Crippen molar-refractivity contribution in [1.29, 1.82) is 0 Å². The van der Waals surface area contributed by atoms with Crippen LogP contribution < -0.4 is 15.8 Å². The van der Waals surface area contributed by atoms with Gasteiger partial charge < -0.3 is 10.6 Å². The SMILES string of the molecule is CC1(C(=O)Nc2cccc(CS(N)(=O)=O)c2)Sc2ccccc2NC1=O. The second-order valence-corrected chi connectivity index (χ2v) is 9.12. The summed E-state index contributed by atoms with van der Waals surface area (Å²) in [4.78, 5) is 26.0. The van der Waals surface area contributed by atoms with Crippen molar-refractivity contribution in [3.05, 3.63) is 54.1 Å². The molecule has 2 aromatic rings. The van der Waals surface area contributed by atoms with E-state index in [1.807, 2.05) is 12.1 Å². The lowest BCUT2D eigenvalue weighted by atomic mass is 10.1. The summed E-state index contributed by atoms with van der Waals surface area (Å²) in [5.41, 5.74) is 1.51. The molecule has 0 saturated carbocycles. The van der Waals surface area contributed by atoms with Gasteiger partial charge in [-0.3, -0.25) is 9.59 Å². The Morgan fingerprint density at radius 2 is 1.96 bits per heavy atom. The van der Waals surface area contributed by atoms with Crippen LogP contribution in [0.1, 0.15) is 12.5 Å². The normalized spacial score (nSPS) is 19.4. The van der Waals surface area contributed by atoms with E-state index in [-0.39, 0.29) is 5.75 Å². The average molecular weight is 391 g/mol. The van der Waals surface area contributed by atoms with Gasteiger partial charge in [0.15, 0.2) is 4.75 Å². The van der Waals surface area contributed by atoms with Gasteiger partial charge in [0.05, 0.1) is 11.4 Å². The summed E-state index contributed by atoms with van der Waals surface area (Å²) in [6.07, 6.45) is 0. The highest BCUT2D eigenvalue weighted by molar-refractivity contribution is 8.02. The first-order valence-electron chi connectivity index (χ1n) is 7.68. The Kier molecular flexibility index (Phi) is 4.78. The number of nitrogens with one attached hydrogen (secondary N) is 2. The molecule has 1 aliphatic rings. The maximum atomic E-state index is 12.8. The van der Waals surface area contributed by atoms with Crippen LogP contribution in [-0.2, 0) is 25.4 Å². The first-order valence-corrected chi connectivity index (χ1v) is 10.2. The molecule has 2 amide bonds. The Bertz CT molecular complexity index is 991. The van der Waals surface area contributed by atoms with Crippen molar-refractivity contribution in [3.63, 3.8) is 0 Å². The maximum absolute atomic E-state index is 12.8. The highest BCUT2D eigenvalue weighted by Crippen LogP contribution is 2.42. The second kappa shape index (κ2) is 6.75. The predicted molar refractivity (Wildman–Crippen MR) is 101 cm³/mol. The lowest BCUT2D eigenvalue weighted by molar-refractivity contribution is -0.126. The number of rotatable bonds is 4. The minimum atomic E-state index is -3.68. The average Bonchev–Trinajstić information content (AvgIpc) is 2.54. The zero-order valence-electron chi connectivity index (χ0n) is 13.9. The van der Waals surface area contributed by atoms with Gasteiger partial charge >= 0.3 is 0 Å². The van der Waals surface area contributed by atoms with Crippen LogP contribution >= 0.6 is 11.8 Å². The highest BCUT2D eigenvalue weighted by Gasteiger charge is 2.45. The molecule has 0 bridgehead atoms. The molecule has 0 radical (unpaired) electrons. The van der Waals surface area contributed by atoms with Gasteiger partial charge in [-0.1, -0.05) is 36.0 Å². The highest BCUT2D eigenvalue weighted by atomic mass is 32.2. The zero-order valence-corrected chi connectivity index (χ0v) is 15.5. The fourth-order valence-corrected chi connectivity index (χ4v) is 4.28. The number of amides is 2. The van der Waals surface area contributed by atoms with E-state index in [0.717, 1.165) is 4.90 Å². The van der Waals surface area contributed by atoms with Crippen LogP contribution in [0.25, 0.3) is 0 Å². The van der Waals surface area contributed by atoms with Crippen molar-refractivity contribution < 1.29 is 18.0 Å². The van der Waals surface area contributed by atoms with E-state index in [0.29, 0.717) is 16.9 Å². The van der Waals surface area contributed by atoms with Crippen molar-refractivity contribution >= 4 is 45.0 Å². The quantitative estimate of drug-likeness (QED) is 0.688. The maximum Gasteiger partial charge on any atom is 0.250 e. The predicted octanol–water partition coefficient (Wildman–Crippen LogP) is 1.92. The molecule has 1 heterocycles. The Labute approximate surface area is 155 Å². The number of thioether (sulfide) groups is 1. The third-order valence-corrected chi connectivity index (χ3v) is 5.96. The summed E-state index contributed by atoms with van der Waals surface area (Å²) in [5.74, 6) is -1.25. The van der Waals surface area contributed by atoms with Gasteiger partial charge in [0.25, 0.3) is 0 Å². The second-order valence-electron chi connectivity index (χ2n) is 6.05. The first kappa shape index (κ1) is 18.4. The Morgan fingerprint density at radius 3 is 2.69 bits per heavy atom. The number of carbonyl (C=O) groups excluding carboxylic acids is 2. The number of sulfonamides is 1. The fraction of sp³-hybridized carbons (Fsp3) is 0.176. The number of hydrogen-bond acceptors (Lipinski definition) is 5. The van der Waals surface area contributed by atoms with Gasteiger partial charge in [-0.05, 0) is 36.8 Å². The van der Waals surface area contributed by atoms with Crippen LogP contribution in [0.5, 0.6) is 0 Å². The number of carbonyl (C=O) groups is 2. The summed E-state index contributed by atoms with van der Waals surface area (Å²) in [6, 6.07) is 13.6. The molecule has 136 valence electrons. The standard InChI is InChI=1S/C17H17N3O4S2/c1-17(16(22)20-13-7-2-3-8-14(13)25-17)15(21)19-12-6-4-5-11(9-12)10-26(18,23)24/h2-9H,10H2,1H3,(H,19,21)(H,20,22)(H2,18,23,24).